The fourth-order valence-corrected chi connectivity index (χ4v) is 2.95. The highest BCUT2D eigenvalue weighted by Crippen LogP contribution is 2.24. The summed E-state index contributed by atoms with van der Waals surface area (Å²) in [6.07, 6.45) is 1.50. The number of benzene rings is 2. The Hall–Kier alpha value is -3.55. The molecule has 136 valence electrons. The third kappa shape index (κ3) is 3.17. The van der Waals surface area contributed by atoms with Gasteiger partial charge in [0.2, 0.25) is 5.91 Å². The molecule has 1 N–H and O–H groups in total. The lowest BCUT2D eigenvalue weighted by Crippen LogP contribution is -2.19. The molecule has 0 aliphatic heterocycles. The van der Waals surface area contributed by atoms with Gasteiger partial charge >= 0.3 is 0 Å². The van der Waals surface area contributed by atoms with Crippen LogP contribution in [0.4, 0.5) is 14.6 Å². The molecule has 4 aromatic rings. The molecular weight excluding hydrogens is 352 g/mol. The predicted molar refractivity (Wildman–Crippen MR) is 96.9 cm³/mol. The van der Waals surface area contributed by atoms with Crippen molar-refractivity contribution < 1.29 is 13.6 Å². The van der Waals surface area contributed by atoms with Crippen molar-refractivity contribution in [3.8, 4) is 11.3 Å². The van der Waals surface area contributed by atoms with Crippen LogP contribution in [0.25, 0.3) is 22.2 Å². The Morgan fingerprint density at radius 3 is 2.56 bits per heavy atom. The number of hydrogen-bond acceptors (Lipinski definition) is 3. The van der Waals surface area contributed by atoms with Gasteiger partial charge in [-0.3, -0.25) is 14.2 Å². The molecule has 6 nitrogen and oxygen atoms in total. The van der Waals surface area contributed by atoms with E-state index in [0.29, 0.717) is 5.82 Å². The van der Waals surface area contributed by atoms with Crippen LogP contribution in [0.15, 0.2) is 54.7 Å². The van der Waals surface area contributed by atoms with Crippen molar-refractivity contribution in [1.82, 2.24) is 19.6 Å². The lowest BCUT2D eigenvalue weighted by atomic mass is 10.1. The second kappa shape index (κ2) is 6.64. The van der Waals surface area contributed by atoms with Gasteiger partial charge in [0.05, 0.1) is 16.8 Å². The summed E-state index contributed by atoms with van der Waals surface area (Å²) < 4.78 is 30.7. The molecule has 2 heterocycles. The molecule has 0 unspecified atom stereocenters. The lowest BCUT2D eigenvalue weighted by molar-refractivity contribution is -0.116. The fraction of sp³-hybridized carbons (Fsp3) is 0.105. The Kier molecular flexibility index (Phi) is 4.15. The molecule has 0 atom stereocenters. The van der Waals surface area contributed by atoms with Crippen molar-refractivity contribution in [3.05, 3.63) is 66.4 Å². The smallest absolute Gasteiger partial charge is 0.247 e. The van der Waals surface area contributed by atoms with Crippen molar-refractivity contribution in [3.63, 3.8) is 0 Å². The maximum atomic E-state index is 13.9. The predicted octanol–water partition coefficient (Wildman–Crippen LogP) is 3.35. The summed E-state index contributed by atoms with van der Waals surface area (Å²) in [5.41, 5.74) is 0.804. The number of hydrogen-bond donors (Lipinski definition) is 1. The lowest BCUT2D eigenvalue weighted by Gasteiger charge is -2.04. The third-order valence-corrected chi connectivity index (χ3v) is 4.18. The van der Waals surface area contributed by atoms with Crippen molar-refractivity contribution in [1.29, 1.82) is 0 Å². The van der Waals surface area contributed by atoms with Crippen LogP contribution in [0, 0.1) is 11.6 Å². The molecule has 8 heteroatoms. The molecule has 0 saturated carbocycles. The number of carbonyl (C=O) groups is 1. The monoisotopic (exact) mass is 367 g/mol. The van der Waals surface area contributed by atoms with Crippen LogP contribution >= 0.6 is 0 Å². The average molecular weight is 367 g/mol. The number of amides is 1. The van der Waals surface area contributed by atoms with E-state index in [2.05, 4.69) is 15.5 Å². The average Bonchev–Trinajstić information content (AvgIpc) is 3.20. The number of rotatable bonds is 4. The summed E-state index contributed by atoms with van der Waals surface area (Å²) in [4.78, 5) is 12.3. The number of nitrogens with zero attached hydrogens (tertiary/aromatic N) is 4. The number of para-hydroxylation sites is 1. The number of aromatic nitrogens is 4. The summed E-state index contributed by atoms with van der Waals surface area (Å²) in [6.45, 7) is -0.110. The fourth-order valence-electron chi connectivity index (χ4n) is 2.95. The van der Waals surface area contributed by atoms with E-state index in [-0.39, 0.29) is 23.7 Å². The Labute approximate surface area is 153 Å². The minimum absolute atomic E-state index is 0.110. The zero-order chi connectivity index (χ0) is 19.0. The number of nitrogens with one attached hydrogen (secondary N) is 1. The molecule has 27 heavy (non-hydrogen) atoms. The van der Waals surface area contributed by atoms with Crippen LogP contribution in [0.3, 0.4) is 0 Å². The zero-order valence-corrected chi connectivity index (χ0v) is 14.4. The molecule has 0 aliphatic rings. The van der Waals surface area contributed by atoms with Gasteiger partial charge in [0.15, 0.2) is 5.82 Å². The highest BCUT2D eigenvalue weighted by molar-refractivity contribution is 5.99. The summed E-state index contributed by atoms with van der Waals surface area (Å²) in [6, 6.07) is 12.6. The summed E-state index contributed by atoms with van der Waals surface area (Å²) in [5.74, 6) is -1.30. The Morgan fingerprint density at radius 1 is 1.04 bits per heavy atom. The number of aryl methyl sites for hydroxylation is 1. The molecule has 0 radical (unpaired) electrons. The highest BCUT2D eigenvalue weighted by Gasteiger charge is 2.15. The van der Waals surface area contributed by atoms with E-state index in [9.17, 15) is 13.6 Å². The van der Waals surface area contributed by atoms with E-state index in [4.69, 9.17) is 0 Å². The zero-order valence-electron chi connectivity index (χ0n) is 14.4. The molecule has 0 bridgehead atoms. The molecule has 2 aromatic carbocycles. The van der Waals surface area contributed by atoms with Gasteiger partial charge in [-0.25, -0.2) is 8.78 Å². The molecule has 0 spiro atoms. The van der Waals surface area contributed by atoms with E-state index >= 15 is 0 Å². The molecule has 0 saturated heterocycles. The molecule has 1 amide bonds. The van der Waals surface area contributed by atoms with Gasteiger partial charge in [0, 0.05) is 18.6 Å². The Morgan fingerprint density at radius 2 is 1.78 bits per heavy atom. The van der Waals surface area contributed by atoms with E-state index < -0.39 is 11.6 Å². The van der Waals surface area contributed by atoms with Gasteiger partial charge in [-0.15, -0.1) is 0 Å². The first-order valence-electron chi connectivity index (χ1n) is 8.22. The van der Waals surface area contributed by atoms with Gasteiger partial charge in [0.25, 0.3) is 0 Å². The van der Waals surface area contributed by atoms with Crippen molar-refractivity contribution in [2.45, 2.75) is 6.54 Å². The van der Waals surface area contributed by atoms with E-state index in [0.717, 1.165) is 23.0 Å². The van der Waals surface area contributed by atoms with E-state index in [1.54, 1.807) is 11.7 Å². The minimum atomic E-state index is -0.704. The van der Waals surface area contributed by atoms with Crippen molar-refractivity contribution in [2.75, 3.05) is 5.32 Å². The van der Waals surface area contributed by atoms with Crippen molar-refractivity contribution in [2.24, 2.45) is 7.05 Å². The van der Waals surface area contributed by atoms with E-state index in [1.807, 2.05) is 24.3 Å². The van der Waals surface area contributed by atoms with Gasteiger partial charge in [-0.1, -0.05) is 18.2 Å². The Bertz CT molecular complexity index is 1130. The van der Waals surface area contributed by atoms with Crippen LogP contribution in [-0.2, 0) is 18.4 Å². The maximum Gasteiger partial charge on any atom is 0.247 e. The van der Waals surface area contributed by atoms with Crippen LogP contribution in [-0.4, -0.2) is 25.5 Å². The molecule has 4 rings (SSSR count). The topological polar surface area (TPSA) is 64.7 Å². The first-order valence-corrected chi connectivity index (χ1v) is 8.22. The summed E-state index contributed by atoms with van der Waals surface area (Å²) in [7, 11) is 1.79. The SMILES string of the molecule is Cn1nc(NC(=O)Cn2ccc(-c3c(F)cccc3F)n2)c2ccccc21. The van der Waals surface area contributed by atoms with Gasteiger partial charge in [0.1, 0.15) is 18.2 Å². The van der Waals surface area contributed by atoms with Crippen molar-refractivity contribution >= 4 is 22.6 Å². The molecule has 0 fully saturated rings. The second-order valence-electron chi connectivity index (χ2n) is 6.03. The summed E-state index contributed by atoms with van der Waals surface area (Å²) in [5, 5.41) is 12.0. The largest absolute Gasteiger partial charge is 0.307 e. The van der Waals surface area contributed by atoms with E-state index in [1.165, 1.54) is 23.0 Å². The third-order valence-electron chi connectivity index (χ3n) is 4.18. The summed E-state index contributed by atoms with van der Waals surface area (Å²) >= 11 is 0. The molecular formula is C19H15F2N5O. The standard InChI is InChI=1S/C19H15F2N5O/c1-25-16-8-3-2-5-12(16)19(24-25)22-17(27)11-26-10-9-15(23-26)18-13(20)6-4-7-14(18)21/h2-10H,11H2,1H3,(H,22,24,27). The van der Waals surface area contributed by atoms with Crippen LogP contribution in [0.5, 0.6) is 0 Å². The molecule has 2 aromatic heterocycles. The van der Waals surface area contributed by atoms with Crippen LogP contribution in [0.1, 0.15) is 0 Å². The highest BCUT2D eigenvalue weighted by atomic mass is 19.1. The first kappa shape index (κ1) is 16.9. The van der Waals surface area contributed by atoms with Gasteiger partial charge < -0.3 is 5.32 Å². The normalized spacial score (nSPS) is 11.1. The number of fused-ring (bicyclic) bond motifs is 1. The number of carbonyl (C=O) groups excluding carboxylic acids is 1. The van der Waals surface area contributed by atoms with Crippen LogP contribution in [0.2, 0.25) is 0 Å². The molecule has 0 aliphatic carbocycles. The van der Waals surface area contributed by atoms with Crippen LogP contribution < -0.4 is 5.32 Å². The quantitative estimate of drug-likeness (QED) is 0.602. The maximum absolute atomic E-state index is 13.9. The number of anilines is 1. The number of halogens is 2. The minimum Gasteiger partial charge on any atom is -0.307 e. The first-order chi connectivity index (χ1) is 13.0. The van der Waals surface area contributed by atoms with Gasteiger partial charge in [-0.05, 0) is 30.3 Å². The second-order valence-corrected chi connectivity index (χ2v) is 6.03. The van der Waals surface area contributed by atoms with Gasteiger partial charge in [-0.2, -0.15) is 10.2 Å². The Balaban J connectivity index is 1.53.